The van der Waals surface area contributed by atoms with Crippen LogP contribution >= 0.6 is 0 Å². The van der Waals surface area contributed by atoms with Crippen LogP contribution in [0.1, 0.15) is 25.0 Å². The van der Waals surface area contributed by atoms with Crippen LogP contribution in [0.5, 0.6) is 0 Å². The van der Waals surface area contributed by atoms with Crippen molar-refractivity contribution in [3.63, 3.8) is 0 Å². The number of amides is 1. The molecule has 5 nitrogen and oxygen atoms in total. The number of aromatic nitrogens is 1. The predicted molar refractivity (Wildman–Crippen MR) is 75.5 cm³/mol. The van der Waals surface area contributed by atoms with E-state index in [0.717, 1.165) is 38.2 Å². The molecule has 2 rings (SSSR count). The zero-order valence-corrected chi connectivity index (χ0v) is 11.6. The molecule has 0 bridgehead atoms. The monoisotopic (exact) mass is 272 g/mol. The van der Waals surface area contributed by atoms with E-state index in [1.165, 1.54) is 0 Å². The van der Waals surface area contributed by atoms with Gasteiger partial charge in [-0.2, -0.15) is 5.26 Å². The third kappa shape index (κ3) is 4.32. The number of carbonyl (C=O) groups excluding carboxylic acids is 1. The van der Waals surface area contributed by atoms with E-state index in [0.29, 0.717) is 13.0 Å². The van der Waals surface area contributed by atoms with Gasteiger partial charge in [-0.3, -0.25) is 9.78 Å². The van der Waals surface area contributed by atoms with Gasteiger partial charge in [-0.05, 0) is 31.5 Å². The molecule has 1 unspecified atom stereocenters. The highest BCUT2D eigenvalue weighted by Gasteiger charge is 2.25. The van der Waals surface area contributed by atoms with Gasteiger partial charge in [0.1, 0.15) is 0 Å². The lowest BCUT2D eigenvalue weighted by Crippen LogP contribution is -2.43. The first-order chi connectivity index (χ1) is 9.79. The van der Waals surface area contributed by atoms with E-state index in [-0.39, 0.29) is 11.8 Å². The first-order valence-electron chi connectivity index (χ1n) is 7.06. The zero-order valence-electron chi connectivity index (χ0n) is 11.6. The highest BCUT2D eigenvalue weighted by Crippen LogP contribution is 2.16. The maximum atomic E-state index is 12.2. The summed E-state index contributed by atoms with van der Waals surface area (Å²) in [5, 5.41) is 11.6. The molecule has 0 radical (unpaired) electrons. The number of hydrogen-bond acceptors (Lipinski definition) is 4. The average molecular weight is 272 g/mol. The van der Waals surface area contributed by atoms with Crippen molar-refractivity contribution in [2.75, 3.05) is 19.6 Å². The molecule has 2 heterocycles. The van der Waals surface area contributed by atoms with E-state index in [9.17, 15) is 4.79 Å². The molecule has 1 aliphatic rings. The van der Waals surface area contributed by atoms with E-state index >= 15 is 0 Å². The average Bonchev–Trinajstić information content (AvgIpc) is 2.52. The molecule has 1 amide bonds. The number of nitriles is 1. The van der Waals surface area contributed by atoms with Crippen LogP contribution in [0.2, 0.25) is 0 Å². The molecule has 1 aromatic rings. The summed E-state index contributed by atoms with van der Waals surface area (Å²) in [6.07, 6.45) is 4.21. The van der Waals surface area contributed by atoms with Crippen LogP contribution < -0.4 is 5.32 Å². The molecule has 1 atom stereocenters. The molecule has 1 aromatic heterocycles. The Hall–Kier alpha value is -1.93. The Morgan fingerprint density at radius 3 is 3.20 bits per heavy atom. The Balaban J connectivity index is 1.78. The van der Waals surface area contributed by atoms with Crippen molar-refractivity contribution in [3.8, 4) is 6.07 Å². The molecule has 0 aliphatic carbocycles. The Morgan fingerprint density at radius 2 is 2.45 bits per heavy atom. The number of hydrogen-bond donors (Lipinski definition) is 1. The van der Waals surface area contributed by atoms with Crippen molar-refractivity contribution in [3.05, 3.63) is 30.1 Å². The van der Waals surface area contributed by atoms with Crippen LogP contribution in [0.3, 0.4) is 0 Å². The second-order valence-electron chi connectivity index (χ2n) is 5.09. The second-order valence-corrected chi connectivity index (χ2v) is 5.09. The number of nitrogens with zero attached hydrogens (tertiary/aromatic N) is 3. The number of piperidine rings is 1. The van der Waals surface area contributed by atoms with Gasteiger partial charge in [-0.15, -0.1) is 0 Å². The second kappa shape index (κ2) is 7.61. The Bertz CT molecular complexity index is 469. The molecule has 5 heteroatoms. The van der Waals surface area contributed by atoms with Crippen molar-refractivity contribution in [2.24, 2.45) is 5.92 Å². The van der Waals surface area contributed by atoms with E-state index < -0.39 is 0 Å². The maximum Gasteiger partial charge on any atom is 0.224 e. The molecule has 0 spiro atoms. The van der Waals surface area contributed by atoms with Gasteiger partial charge in [0.2, 0.25) is 5.91 Å². The molecule has 106 valence electrons. The number of likely N-dealkylation sites (tertiary alicyclic amines) is 1. The summed E-state index contributed by atoms with van der Waals surface area (Å²) >= 11 is 0. The van der Waals surface area contributed by atoms with Gasteiger partial charge >= 0.3 is 0 Å². The minimum absolute atomic E-state index is 0.0335. The third-order valence-corrected chi connectivity index (χ3v) is 3.59. The Morgan fingerprint density at radius 1 is 1.55 bits per heavy atom. The molecular weight excluding hydrogens is 252 g/mol. The van der Waals surface area contributed by atoms with Gasteiger partial charge in [0.05, 0.1) is 24.2 Å². The van der Waals surface area contributed by atoms with Crippen LogP contribution in [-0.2, 0) is 11.3 Å². The number of carbonyl (C=O) groups is 1. The highest BCUT2D eigenvalue weighted by atomic mass is 16.1. The SMILES string of the molecule is N#CCCN1CCCC(C(=O)NCc2ccccn2)C1. The largest absolute Gasteiger partial charge is 0.350 e. The van der Waals surface area contributed by atoms with Crippen LogP contribution in [0.4, 0.5) is 0 Å². The van der Waals surface area contributed by atoms with Crippen molar-refractivity contribution in [1.29, 1.82) is 5.26 Å². The fourth-order valence-corrected chi connectivity index (χ4v) is 2.51. The minimum Gasteiger partial charge on any atom is -0.350 e. The molecule has 1 N–H and O–H groups in total. The quantitative estimate of drug-likeness (QED) is 0.878. The molecule has 0 saturated carbocycles. The van der Waals surface area contributed by atoms with E-state index in [4.69, 9.17) is 5.26 Å². The smallest absolute Gasteiger partial charge is 0.224 e. The van der Waals surface area contributed by atoms with Crippen molar-refractivity contribution < 1.29 is 4.79 Å². The zero-order chi connectivity index (χ0) is 14.2. The summed E-state index contributed by atoms with van der Waals surface area (Å²) in [7, 11) is 0. The van der Waals surface area contributed by atoms with Crippen LogP contribution in [0, 0.1) is 17.2 Å². The van der Waals surface area contributed by atoms with Crippen LogP contribution in [0.25, 0.3) is 0 Å². The van der Waals surface area contributed by atoms with Gasteiger partial charge in [0, 0.05) is 25.7 Å². The first-order valence-corrected chi connectivity index (χ1v) is 7.06. The molecule has 1 saturated heterocycles. The third-order valence-electron chi connectivity index (χ3n) is 3.59. The lowest BCUT2D eigenvalue weighted by molar-refractivity contribution is -0.126. The molecule has 1 aliphatic heterocycles. The summed E-state index contributed by atoms with van der Waals surface area (Å²) in [6, 6.07) is 7.83. The van der Waals surface area contributed by atoms with Gasteiger partial charge in [0.25, 0.3) is 0 Å². The maximum absolute atomic E-state index is 12.2. The standard InChI is InChI=1S/C15H20N4O/c16-7-4-10-19-9-3-5-13(12-19)15(20)18-11-14-6-1-2-8-17-14/h1-2,6,8,13H,3-5,9-12H2,(H,18,20). The van der Waals surface area contributed by atoms with E-state index in [2.05, 4.69) is 21.3 Å². The summed E-state index contributed by atoms with van der Waals surface area (Å²) < 4.78 is 0. The summed E-state index contributed by atoms with van der Waals surface area (Å²) in [5.41, 5.74) is 0.873. The van der Waals surface area contributed by atoms with Gasteiger partial charge < -0.3 is 10.2 Å². The normalized spacial score (nSPS) is 19.2. The Labute approximate surface area is 119 Å². The van der Waals surface area contributed by atoms with Gasteiger partial charge in [0.15, 0.2) is 0 Å². The van der Waals surface area contributed by atoms with Crippen molar-refractivity contribution in [2.45, 2.75) is 25.8 Å². The Kier molecular flexibility index (Phi) is 5.51. The minimum atomic E-state index is 0.0335. The summed E-state index contributed by atoms with van der Waals surface area (Å²) in [5.74, 6) is 0.128. The number of nitrogens with one attached hydrogen (secondary N) is 1. The lowest BCUT2D eigenvalue weighted by Gasteiger charge is -2.31. The van der Waals surface area contributed by atoms with Crippen molar-refractivity contribution in [1.82, 2.24) is 15.2 Å². The van der Waals surface area contributed by atoms with Crippen LogP contribution in [-0.4, -0.2) is 35.4 Å². The summed E-state index contributed by atoms with van der Waals surface area (Å²) in [4.78, 5) is 18.6. The topological polar surface area (TPSA) is 69.0 Å². The van der Waals surface area contributed by atoms with Gasteiger partial charge in [-0.1, -0.05) is 6.07 Å². The highest BCUT2D eigenvalue weighted by molar-refractivity contribution is 5.78. The van der Waals surface area contributed by atoms with Gasteiger partial charge in [-0.25, -0.2) is 0 Å². The van der Waals surface area contributed by atoms with E-state index in [1.54, 1.807) is 6.20 Å². The summed E-state index contributed by atoms with van der Waals surface area (Å²) in [6.45, 7) is 3.00. The number of pyridine rings is 1. The van der Waals surface area contributed by atoms with Crippen LogP contribution in [0.15, 0.2) is 24.4 Å². The predicted octanol–water partition coefficient (Wildman–Crippen LogP) is 1.32. The molecule has 20 heavy (non-hydrogen) atoms. The fraction of sp³-hybridized carbons (Fsp3) is 0.533. The molecule has 1 fully saturated rings. The fourth-order valence-electron chi connectivity index (χ4n) is 2.51. The van der Waals surface area contributed by atoms with Crippen molar-refractivity contribution >= 4 is 5.91 Å². The molecular formula is C15H20N4O. The molecule has 0 aromatic carbocycles. The lowest BCUT2D eigenvalue weighted by atomic mass is 9.97. The number of rotatable bonds is 5. The van der Waals surface area contributed by atoms with E-state index in [1.807, 2.05) is 18.2 Å². The first kappa shape index (κ1) is 14.5.